The molecule has 5 rings (SSSR count). The quantitative estimate of drug-likeness (QED) is 0.372. The molecule has 5 heteroatoms. The van der Waals surface area contributed by atoms with E-state index in [1.807, 2.05) is 54.3 Å². The molecule has 1 aromatic heterocycles. The van der Waals surface area contributed by atoms with E-state index in [1.165, 1.54) is 5.56 Å². The molecule has 0 spiro atoms. The van der Waals surface area contributed by atoms with Crippen LogP contribution >= 0.6 is 11.6 Å². The number of aryl methyl sites for hydroxylation is 1. The van der Waals surface area contributed by atoms with Gasteiger partial charge in [-0.05, 0) is 43.7 Å². The number of pyridine rings is 1. The second kappa shape index (κ2) is 8.87. The summed E-state index contributed by atoms with van der Waals surface area (Å²) in [5, 5.41) is 1.64. The maximum Gasteiger partial charge on any atom is 0.255 e. The lowest BCUT2D eigenvalue weighted by Crippen LogP contribution is -2.49. The van der Waals surface area contributed by atoms with Crippen molar-refractivity contribution in [3.05, 3.63) is 94.5 Å². The first-order chi connectivity index (χ1) is 16.0. The van der Waals surface area contributed by atoms with Gasteiger partial charge in [-0.3, -0.25) is 4.79 Å². The van der Waals surface area contributed by atoms with Crippen LogP contribution in [-0.2, 0) is 0 Å². The SMILES string of the molecule is Cc1ccc(-c2nc3ccccc3c(C(=O)N3CCN(c4cccc(Cl)c4)CC3)c2C)cc1. The van der Waals surface area contributed by atoms with Gasteiger partial charge in [0.15, 0.2) is 0 Å². The van der Waals surface area contributed by atoms with Crippen LogP contribution in [0.5, 0.6) is 0 Å². The molecule has 1 fully saturated rings. The van der Waals surface area contributed by atoms with Crippen LogP contribution in [0.15, 0.2) is 72.8 Å². The van der Waals surface area contributed by atoms with E-state index < -0.39 is 0 Å². The fraction of sp³-hybridized carbons (Fsp3) is 0.214. The number of nitrogens with zero attached hydrogens (tertiary/aromatic N) is 3. The summed E-state index contributed by atoms with van der Waals surface area (Å²) in [4.78, 5) is 23.0. The second-order valence-corrected chi connectivity index (χ2v) is 9.04. The number of aromatic nitrogens is 1. The van der Waals surface area contributed by atoms with Gasteiger partial charge in [0.25, 0.3) is 5.91 Å². The molecular formula is C28H26ClN3O. The lowest BCUT2D eigenvalue weighted by Gasteiger charge is -2.36. The third-order valence-electron chi connectivity index (χ3n) is 6.41. The van der Waals surface area contributed by atoms with Crippen molar-refractivity contribution in [1.29, 1.82) is 0 Å². The van der Waals surface area contributed by atoms with E-state index in [2.05, 4.69) is 42.2 Å². The minimum Gasteiger partial charge on any atom is -0.368 e. The Hall–Kier alpha value is -3.37. The molecule has 1 amide bonds. The number of hydrogen-bond donors (Lipinski definition) is 0. The van der Waals surface area contributed by atoms with E-state index in [0.717, 1.165) is 57.1 Å². The number of piperazine rings is 1. The lowest BCUT2D eigenvalue weighted by atomic mass is 9.96. The Kier molecular flexibility index (Phi) is 5.77. The lowest BCUT2D eigenvalue weighted by molar-refractivity contribution is 0.0748. The minimum atomic E-state index is 0.0743. The van der Waals surface area contributed by atoms with E-state index >= 15 is 0 Å². The highest BCUT2D eigenvalue weighted by Crippen LogP contribution is 2.31. The highest BCUT2D eigenvalue weighted by molar-refractivity contribution is 6.30. The Morgan fingerprint density at radius 2 is 1.61 bits per heavy atom. The van der Waals surface area contributed by atoms with Crippen molar-refractivity contribution in [1.82, 2.24) is 9.88 Å². The molecule has 166 valence electrons. The third kappa shape index (κ3) is 4.19. The second-order valence-electron chi connectivity index (χ2n) is 8.60. The van der Waals surface area contributed by atoms with Gasteiger partial charge in [-0.2, -0.15) is 0 Å². The van der Waals surface area contributed by atoms with Crippen LogP contribution in [-0.4, -0.2) is 42.0 Å². The zero-order chi connectivity index (χ0) is 22.9. The van der Waals surface area contributed by atoms with E-state index in [9.17, 15) is 4.79 Å². The molecule has 0 N–H and O–H groups in total. The summed E-state index contributed by atoms with van der Waals surface area (Å²) >= 11 is 6.17. The van der Waals surface area contributed by atoms with E-state index in [0.29, 0.717) is 13.1 Å². The molecule has 1 saturated heterocycles. The number of benzene rings is 3. The number of carbonyl (C=O) groups excluding carboxylic acids is 1. The number of fused-ring (bicyclic) bond motifs is 1. The summed E-state index contributed by atoms with van der Waals surface area (Å²) < 4.78 is 0. The molecule has 33 heavy (non-hydrogen) atoms. The smallest absolute Gasteiger partial charge is 0.255 e. The van der Waals surface area contributed by atoms with Crippen molar-refractivity contribution in [3.63, 3.8) is 0 Å². The number of anilines is 1. The van der Waals surface area contributed by atoms with Gasteiger partial charge in [-0.25, -0.2) is 4.98 Å². The molecule has 0 aliphatic carbocycles. The summed E-state index contributed by atoms with van der Waals surface area (Å²) in [5.41, 5.74) is 6.73. The molecule has 0 saturated carbocycles. The largest absolute Gasteiger partial charge is 0.368 e. The number of hydrogen-bond acceptors (Lipinski definition) is 3. The summed E-state index contributed by atoms with van der Waals surface area (Å²) in [5.74, 6) is 0.0743. The standard InChI is InChI=1S/C28H26ClN3O/c1-19-10-12-21(13-11-19)27-20(2)26(24-8-3-4-9-25(24)30-27)28(33)32-16-14-31(15-17-32)23-7-5-6-22(29)18-23/h3-13,18H,14-17H2,1-2H3. The molecule has 3 aromatic carbocycles. The molecular weight excluding hydrogens is 430 g/mol. The Morgan fingerprint density at radius 1 is 0.879 bits per heavy atom. The summed E-state index contributed by atoms with van der Waals surface area (Å²) in [7, 11) is 0. The van der Waals surface area contributed by atoms with Crippen LogP contribution in [0.25, 0.3) is 22.2 Å². The van der Waals surface area contributed by atoms with Crippen LogP contribution in [0.2, 0.25) is 5.02 Å². The molecule has 0 radical (unpaired) electrons. The van der Waals surface area contributed by atoms with Crippen molar-refractivity contribution in [2.24, 2.45) is 0 Å². The van der Waals surface area contributed by atoms with Crippen molar-refractivity contribution in [2.45, 2.75) is 13.8 Å². The zero-order valence-electron chi connectivity index (χ0n) is 18.9. The average molecular weight is 456 g/mol. The molecule has 0 unspecified atom stereocenters. The van der Waals surface area contributed by atoms with Crippen LogP contribution in [0.4, 0.5) is 5.69 Å². The van der Waals surface area contributed by atoms with Crippen molar-refractivity contribution in [2.75, 3.05) is 31.1 Å². The van der Waals surface area contributed by atoms with Crippen LogP contribution in [0.1, 0.15) is 21.5 Å². The highest BCUT2D eigenvalue weighted by atomic mass is 35.5. The van der Waals surface area contributed by atoms with Gasteiger partial charge in [0.05, 0.1) is 16.8 Å². The van der Waals surface area contributed by atoms with Gasteiger partial charge in [0, 0.05) is 47.8 Å². The normalized spacial score (nSPS) is 14.0. The van der Waals surface area contributed by atoms with Crippen LogP contribution in [0, 0.1) is 13.8 Å². The van der Waals surface area contributed by atoms with Crippen molar-refractivity contribution < 1.29 is 4.79 Å². The summed E-state index contributed by atoms with van der Waals surface area (Å²) in [6.45, 7) is 6.98. The molecule has 4 aromatic rings. The first kappa shape index (κ1) is 21.5. The monoisotopic (exact) mass is 455 g/mol. The van der Waals surface area contributed by atoms with E-state index in [4.69, 9.17) is 16.6 Å². The fourth-order valence-electron chi connectivity index (χ4n) is 4.57. The molecule has 0 atom stereocenters. The van der Waals surface area contributed by atoms with Gasteiger partial charge in [0.1, 0.15) is 0 Å². The zero-order valence-corrected chi connectivity index (χ0v) is 19.6. The minimum absolute atomic E-state index is 0.0743. The molecule has 1 aliphatic heterocycles. The average Bonchev–Trinajstić information content (AvgIpc) is 2.84. The number of para-hydroxylation sites is 1. The fourth-order valence-corrected chi connectivity index (χ4v) is 4.76. The summed E-state index contributed by atoms with van der Waals surface area (Å²) in [6.07, 6.45) is 0. The topological polar surface area (TPSA) is 36.4 Å². The Labute approximate surface area is 199 Å². The maximum absolute atomic E-state index is 13.8. The predicted molar refractivity (Wildman–Crippen MR) is 136 cm³/mol. The first-order valence-electron chi connectivity index (χ1n) is 11.3. The number of rotatable bonds is 3. The van der Waals surface area contributed by atoms with Gasteiger partial charge in [-0.15, -0.1) is 0 Å². The Balaban J connectivity index is 1.48. The molecule has 1 aliphatic rings. The molecule has 0 bridgehead atoms. The van der Waals surface area contributed by atoms with Crippen LogP contribution in [0.3, 0.4) is 0 Å². The predicted octanol–water partition coefficient (Wildman–Crippen LogP) is 6.13. The van der Waals surface area contributed by atoms with Crippen molar-refractivity contribution >= 4 is 34.1 Å². The van der Waals surface area contributed by atoms with Gasteiger partial charge in [0.2, 0.25) is 0 Å². The number of halogens is 1. The highest BCUT2D eigenvalue weighted by Gasteiger charge is 2.26. The van der Waals surface area contributed by atoms with Gasteiger partial charge < -0.3 is 9.80 Å². The van der Waals surface area contributed by atoms with Crippen molar-refractivity contribution in [3.8, 4) is 11.3 Å². The van der Waals surface area contributed by atoms with Gasteiger partial charge >= 0.3 is 0 Å². The summed E-state index contributed by atoms with van der Waals surface area (Å²) in [6, 6.07) is 24.2. The maximum atomic E-state index is 13.8. The first-order valence-corrected chi connectivity index (χ1v) is 11.7. The van der Waals surface area contributed by atoms with E-state index in [-0.39, 0.29) is 5.91 Å². The number of carbonyl (C=O) groups is 1. The molecule has 4 nitrogen and oxygen atoms in total. The van der Waals surface area contributed by atoms with Gasteiger partial charge in [-0.1, -0.05) is 65.7 Å². The van der Waals surface area contributed by atoms with E-state index in [1.54, 1.807) is 0 Å². The molecule has 2 heterocycles. The Morgan fingerprint density at radius 3 is 2.33 bits per heavy atom. The third-order valence-corrected chi connectivity index (χ3v) is 6.65. The van der Waals surface area contributed by atoms with Crippen LogP contribution < -0.4 is 4.90 Å². The number of amides is 1. The Bertz CT molecular complexity index is 1330.